The zero-order valence-corrected chi connectivity index (χ0v) is 15.2. The fourth-order valence-electron chi connectivity index (χ4n) is 3.29. The van der Waals surface area contributed by atoms with Gasteiger partial charge in [0, 0.05) is 11.4 Å². The highest BCUT2D eigenvalue weighted by Gasteiger charge is 2.23. The first-order valence-corrected chi connectivity index (χ1v) is 9.68. The lowest BCUT2D eigenvalue weighted by Crippen LogP contribution is -2.33. The number of amides is 1. The Kier molecular flexibility index (Phi) is 5.33. The van der Waals surface area contributed by atoms with Crippen LogP contribution < -0.4 is 10.9 Å². The van der Waals surface area contributed by atoms with Gasteiger partial charge in [0.1, 0.15) is 11.4 Å². The van der Waals surface area contributed by atoms with E-state index >= 15 is 0 Å². The smallest absolute Gasteiger partial charge is 0.262 e. The molecule has 2 aromatic heterocycles. The van der Waals surface area contributed by atoms with Crippen molar-refractivity contribution in [3.8, 4) is 0 Å². The van der Waals surface area contributed by atoms with Crippen molar-refractivity contribution in [2.24, 2.45) is 5.92 Å². The van der Waals surface area contributed by atoms with Crippen molar-refractivity contribution in [3.05, 3.63) is 27.1 Å². The minimum atomic E-state index is -0.118. The maximum Gasteiger partial charge on any atom is 0.262 e. The first-order chi connectivity index (χ1) is 11.6. The van der Waals surface area contributed by atoms with Crippen LogP contribution in [-0.2, 0) is 24.2 Å². The lowest BCUT2D eigenvalue weighted by atomic mass is 9.89. The largest absolute Gasteiger partial charge is 0.355 e. The summed E-state index contributed by atoms with van der Waals surface area (Å²) in [5, 5.41) is 3.62. The van der Waals surface area contributed by atoms with Crippen LogP contribution in [-0.4, -0.2) is 22.0 Å². The topological polar surface area (TPSA) is 64.0 Å². The van der Waals surface area contributed by atoms with E-state index in [0.29, 0.717) is 12.5 Å². The number of nitrogens with one attached hydrogen (secondary N) is 1. The van der Waals surface area contributed by atoms with Crippen molar-refractivity contribution in [3.63, 3.8) is 0 Å². The number of thiophene rings is 1. The number of aryl methyl sites for hydroxylation is 1. The van der Waals surface area contributed by atoms with Gasteiger partial charge in [0.2, 0.25) is 5.91 Å². The number of aromatic nitrogens is 2. The Morgan fingerprint density at radius 1 is 1.46 bits per heavy atom. The van der Waals surface area contributed by atoms with Crippen molar-refractivity contribution in [2.75, 3.05) is 6.54 Å². The highest BCUT2D eigenvalue weighted by molar-refractivity contribution is 7.18. The number of unbranched alkanes of at least 4 members (excludes halogenated alkanes) is 2. The van der Waals surface area contributed by atoms with Crippen LogP contribution in [0.25, 0.3) is 10.2 Å². The number of hydrogen-bond donors (Lipinski definition) is 1. The lowest BCUT2D eigenvalue weighted by Gasteiger charge is -2.17. The van der Waals surface area contributed by atoms with Gasteiger partial charge >= 0.3 is 0 Å². The molecule has 130 valence electrons. The number of nitrogens with zero attached hydrogens (tertiary/aromatic N) is 2. The average molecular weight is 347 g/mol. The van der Waals surface area contributed by atoms with Crippen LogP contribution in [0.4, 0.5) is 0 Å². The van der Waals surface area contributed by atoms with Crippen molar-refractivity contribution in [1.29, 1.82) is 0 Å². The molecule has 0 aliphatic heterocycles. The fraction of sp³-hybridized carbons (Fsp3) is 0.611. The molecule has 0 aromatic carbocycles. The molecule has 0 saturated heterocycles. The van der Waals surface area contributed by atoms with E-state index in [4.69, 9.17) is 0 Å². The highest BCUT2D eigenvalue weighted by atomic mass is 32.1. The summed E-state index contributed by atoms with van der Waals surface area (Å²) in [6.45, 7) is 5.10. The Morgan fingerprint density at radius 3 is 3.08 bits per heavy atom. The molecule has 2 aromatic rings. The van der Waals surface area contributed by atoms with Gasteiger partial charge in [0.05, 0.1) is 11.7 Å². The van der Waals surface area contributed by atoms with Gasteiger partial charge in [-0.3, -0.25) is 14.2 Å². The second kappa shape index (κ2) is 7.47. The summed E-state index contributed by atoms with van der Waals surface area (Å²) in [7, 11) is 0. The molecule has 0 unspecified atom stereocenters. The zero-order valence-electron chi connectivity index (χ0n) is 14.4. The summed E-state index contributed by atoms with van der Waals surface area (Å²) in [5.74, 6) is 0.550. The van der Waals surface area contributed by atoms with E-state index in [2.05, 4.69) is 24.1 Å². The van der Waals surface area contributed by atoms with Gasteiger partial charge in [-0.25, -0.2) is 4.98 Å². The second-order valence-electron chi connectivity index (χ2n) is 6.77. The molecule has 3 rings (SSSR count). The number of hydrogen-bond acceptors (Lipinski definition) is 4. The molecular weight excluding hydrogens is 322 g/mol. The van der Waals surface area contributed by atoms with Crippen molar-refractivity contribution in [2.45, 2.75) is 58.9 Å². The van der Waals surface area contributed by atoms with Crippen LogP contribution in [0.3, 0.4) is 0 Å². The average Bonchev–Trinajstić information content (AvgIpc) is 2.92. The summed E-state index contributed by atoms with van der Waals surface area (Å²) in [6.07, 6.45) is 7.82. The zero-order chi connectivity index (χ0) is 17.1. The van der Waals surface area contributed by atoms with Gasteiger partial charge in [0.25, 0.3) is 5.56 Å². The summed E-state index contributed by atoms with van der Waals surface area (Å²) >= 11 is 1.64. The molecule has 1 aliphatic carbocycles. The number of carbonyl (C=O) groups excluding carboxylic acids is 1. The first kappa shape index (κ1) is 17.1. The lowest BCUT2D eigenvalue weighted by molar-refractivity contribution is -0.121. The van der Waals surface area contributed by atoms with Gasteiger partial charge in [-0.1, -0.05) is 26.7 Å². The minimum Gasteiger partial charge on any atom is -0.355 e. The van der Waals surface area contributed by atoms with Crippen molar-refractivity contribution < 1.29 is 4.79 Å². The van der Waals surface area contributed by atoms with E-state index in [1.807, 2.05) is 0 Å². The van der Waals surface area contributed by atoms with Crippen molar-refractivity contribution in [1.82, 2.24) is 14.9 Å². The molecule has 0 saturated carbocycles. The van der Waals surface area contributed by atoms with E-state index in [1.54, 1.807) is 11.3 Å². The molecule has 2 heterocycles. The Labute approximate surface area is 146 Å². The van der Waals surface area contributed by atoms with Crippen molar-refractivity contribution >= 4 is 27.5 Å². The molecule has 0 radical (unpaired) electrons. The predicted molar refractivity (Wildman–Crippen MR) is 97.6 cm³/mol. The van der Waals surface area contributed by atoms with E-state index in [0.717, 1.165) is 48.7 Å². The van der Waals surface area contributed by atoms with Gasteiger partial charge in [0.15, 0.2) is 0 Å². The Hall–Kier alpha value is -1.69. The van der Waals surface area contributed by atoms with Crippen LogP contribution in [0, 0.1) is 5.92 Å². The third-order valence-corrected chi connectivity index (χ3v) is 5.86. The Bertz CT molecular complexity index is 793. The van der Waals surface area contributed by atoms with E-state index in [1.165, 1.54) is 21.3 Å². The molecule has 0 fully saturated rings. The van der Waals surface area contributed by atoms with Gasteiger partial charge in [-0.05, 0) is 37.2 Å². The van der Waals surface area contributed by atoms with Crippen LogP contribution in [0.2, 0.25) is 0 Å². The Morgan fingerprint density at radius 2 is 2.29 bits per heavy atom. The second-order valence-corrected chi connectivity index (χ2v) is 7.85. The molecule has 1 amide bonds. The van der Waals surface area contributed by atoms with E-state index < -0.39 is 0 Å². The molecular formula is C18H25N3O2S. The van der Waals surface area contributed by atoms with E-state index in [9.17, 15) is 9.59 Å². The molecule has 1 atom stereocenters. The summed E-state index contributed by atoms with van der Waals surface area (Å²) < 4.78 is 1.45. The maximum atomic E-state index is 12.8. The molecule has 1 N–H and O–H groups in total. The van der Waals surface area contributed by atoms with Crippen LogP contribution in [0.5, 0.6) is 0 Å². The highest BCUT2D eigenvalue weighted by Crippen LogP contribution is 2.35. The monoisotopic (exact) mass is 347 g/mol. The third kappa shape index (κ3) is 3.53. The predicted octanol–water partition coefficient (Wildman–Crippen LogP) is 2.89. The third-order valence-electron chi connectivity index (χ3n) is 4.70. The van der Waals surface area contributed by atoms with E-state index in [-0.39, 0.29) is 18.0 Å². The molecule has 0 spiro atoms. The first-order valence-electron chi connectivity index (χ1n) is 8.86. The SMILES string of the molecule is CCCCCNC(=O)Cn1cnc2sc3c(c2c1=O)CC[C@@H](C)C3. The quantitative estimate of drug-likeness (QED) is 0.817. The number of rotatable bonds is 6. The van der Waals surface area contributed by atoms with Crippen LogP contribution >= 0.6 is 11.3 Å². The van der Waals surface area contributed by atoms with Crippen LogP contribution in [0.15, 0.2) is 11.1 Å². The molecule has 24 heavy (non-hydrogen) atoms. The van der Waals surface area contributed by atoms with Crippen LogP contribution in [0.1, 0.15) is 50.0 Å². The number of fused-ring (bicyclic) bond motifs is 3. The van der Waals surface area contributed by atoms with Gasteiger partial charge in [-0.2, -0.15) is 0 Å². The van der Waals surface area contributed by atoms with Gasteiger partial charge in [-0.15, -0.1) is 11.3 Å². The molecule has 6 heteroatoms. The number of carbonyl (C=O) groups is 1. The summed E-state index contributed by atoms with van der Waals surface area (Å²) in [5.41, 5.74) is 1.10. The maximum absolute atomic E-state index is 12.8. The summed E-state index contributed by atoms with van der Waals surface area (Å²) in [6, 6.07) is 0. The molecule has 0 bridgehead atoms. The molecule has 1 aliphatic rings. The Balaban J connectivity index is 1.79. The fourth-order valence-corrected chi connectivity index (χ4v) is 4.63. The molecule has 5 nitrogen and oxygen atoms in total. The normalized spacial score (nSPS) is 17.0. The summed E-state index contributed by atoms with van der Waals surface area (Å²) in [4.78, 5) is 31.4. The standard InChI is InChI=1S/C18H25N3O2S/c1-3-4-5-8-19-15(22)10-21-11-20-17-16(18(21)23)13-7-6-12(2)9-14(13)24-17/h11-12H,3-10H2,1-2H3,(H,19,22)/t12-/m1/s1. The minimum absolute atomic E-state index is 0.0505. The van der Waals surface area contributed by atoms with Gasteiger partial charge < -0.3 is 5.32 Å².